The second kappa shape index (κ2) is 7.18. The third-order valence-corrected chi connectivity index (χ3v) is 6.17. The molecule has 2 aliphatic rings. The summed E-state index contributed by atoms with van der Waals surface area (Å²) in [4.78, 5) is 27.6. The summed E-state index contributed by atoms with van der Waals surface area (Å²) in [6.45, 7) is 0.774. The number of fused-ring (bicyclic) bond motifs is 3. The van der Waals surface area contributed by atoms with E-state index in [2.05, 4.69) is 29.2 Å². The normalized spacial score (nSPS) is 23.7. The quantitative estimate of drug-likeness (QED) is 0.753. The van der Waals surface area contributed by atoms with Gasteiger partial charge in [-0.25, -0.2) is 0 Å². The van der Waals surface area contributed by atoms with Crippen LogP contribution in [0.2, 0.25) is 0 Å². The van der Waals surface area contributed by atoms with E-state index in [-0.39, 0.29) is 24.2 Å². The van der Waals surface area contributed by atoms with Crippen molar-refractivity contribution in [3.63, 3.8) is 0 Å². The fraction of sp³-hybridized carbons (Fsp3) is 0.391. The van der Waals surface area contributed by atoms with Crippen LogP contribution in [0.15, 0.2) is 54.6 Å². The number of rotatable bonds is 5. The van der Waals surface area contributed by atoms with Gasteiger partial charge < -0.3 is 9.64 Å². The lowest BCUT2D eigenvalue weighted by atomic mass is 9.64. The molecule has 4 rings (SSSR count). The van der Waals surface area contributed by atoms with E-state index in [1.54, 1.807) is 0 Å². The lowest BCUT2D eigenvalue weighted by molar-refractivity contribution is -0.141. The summed E-state index contributed by atoms with van der Waals surface area (Å²) < 4.78 is 4.87. The molecular weight excluding hydrogens is 338 g/mol. The van der Waals surface area contributed by atoms with Crippen molar-refractivity contribution in [2.45, 2.75) is 50.1 Å². The van der Waals surface area contributed by atoms with Gasteiger partial charge in [0.2, 0.25) is 0 Å². The van der Waals surface area contributed by atoms with Gasteiger partial charge >= 0.3 is 5.97 Å². The first-order chi connectivity index (χ1) is 13.2. The fourth-order valence-electron chi connectivity index (χ4n) is 4.95. The average molecular weight is 363 g/mol. The minimum Gasteiger partial charge on any atom is -0.469 e. The van der Waals surface area contributed by atoms with E-state index in [9.17, 15) is 9.59 Å². The van der Waals surface area contributed by atoms with Crippen molar-refractivity contribution in [3.05, 3.63) is 65.7 Å². The average Bonchev–Trinajstić information content (AvgIpc) is 2.98. The Hall–Kier alpha value is -2.62. The molecule has 1 fully saturated rings. The van der Waals surface area contributed by atoms with E-state index in [0.29, 0.717) is 12.8 Å². The molecule has 2 aromatic rings. The zero-order valence-corrected chi connectivity index (χ0v) is 15.7. The smallest absolute Gasteiger partial charge is 0.305 e. The van der Waals surface area contributed by atoms with E-state index < -0.39 is 5.41 Å². The molecule has 0 aromatic heterocycles. The number of methoxy groups -OCH3 is 1. The number of para-hydroxylation sites is 1. The summed E-state index contributed by atoms with van der Waals surface area (Å²) in [5.41, 5.74) is 2.85. The number of Topliss-reactive ketones (excluding diaryl/α,β-unsaturated/α-hetero) is 1. The first-order valence-corrected chi connectivity index (χ1v) is 9.67. The zero-order valence-electron chi connectivity index (χ0n) is 15.7. The van der Waals surface area contributed by atoms with Crippen molar-refractivity contribution in [2.24, 2.45) is 0 Å². The summed E-state index contributed by atoms with van der Waals surface area (Å²) in [5, 5.41) is 0. The zero-order chi connectivity index (χ0) is 18.9. The van der Waals surface area contributed by atoms with Crippen LogP contribution in [0.25, 0.3) is 0 Å². The molecule has 1 heterocycles. The fourth-order valence-corrected chi connectivity index (χ4v) is 4.95. The lowest BCUT2D eigenvalue weighted by Gasteiger charge is -2.41. The molecule has 0 bridgehead atoms. The topological polar surface area (TPSA) is 46.6 Å². The van der Waals surface area contributed by atoms with Crippen LogP contribution in [-0.2, 0) is 26.3 Å². The van der Waals surface area contributed by atoms with E-state index in [1.165, 1.54) is 12.7 Å². The highest BCUT2D eigenvalue weighted by atomic mass is 16.5. The van der Waals surface area contributed by atoms with E-state index in [1.807, 2.05) is 30.3 Å². The minimum absolute atomic E-state index is 0.0982. The lowest BCUT2D eigenvalue weighted by Crippen LogP contribution is -2.52. The first kappa shape index (κ1) is 17.8. The van der Waals surface area contributed by atoms with Crippen molar-refractivity contribution < 1.29 is 14.3 Å². The Morgan fingerprint density at radius 1 is 1.15 bits per heavy atom. The molecule has 2 aromatic carbocycles. The summed E-state index contributed by atoms with van der Waals surface area (Å²) >= 11 is 0. The van der Waals surface area contributed by atoms with E-state index in [0.717, 1.165) is 30.6 Å². The van der Waals surface area contributed by atoms with Crippen molar-refractivity contribution in [1.82, 2.24) is 0 Å². The third-order valence-electron chi connectivity index (χ3n) is 6.17. The molecule has 0 saturated heterocycles. The summed E-state index contributed by atoms with van der Waals surface area (Å²) in [5.74, 6) is 0.0196. The molecule has 0 unspecified atom stereocenters. The van der Waals surface area contributed by atoms with Gasteiger partial charge in [-0.2, -0.15) is 0 Å². The summed E-state index contributed by atoms with van der Waals surface area (Å²) in [6.07, 6.45) is 3.25. The van der Waals surface area contributed by atoms with Crippen LogP contribution in [0.1, 0.15) is 43.2 Å². The highest BCUT2D eigenvalue weighted by Gasteiger charge is 2.56. The number of anilines is 1. The number of nitrogens with zero attached hydrogens (tertiary/aromatic N) is 1. The predicted octanol–water partition coefficient (Wildman–Crippen LogP) is 4.02. The minimum atomic E-state index is -0.599. The Kier molecular flexibility index (Phi) is 4.73. The van der Waals surface area contributed by atoms with Crippen LogP contribution in [0.4, 0.5) is 5.69 Å². The molecule has 0 radical (unpaired) electrons. The number of ketones is 1. The van der Waals surface area contributed by atoms with Crippen LogP contribution in [0.3, 0.4) is 0 Å². The Morgan fingerprint density at radius 2 is 1.89 bits per heavy atom. The largest absolute Gasteiger partial charge is 0.469 e. The molecular formula is C23H25NO3. The number of benzene rings is 2. The van der Waals surface area contributed by atoms with Crippen molar-refractivity contribution >= 4 is 17.4 Å². The number of hydrogen-bond acceptors (Lipinski definition) is 4. The number of carbonyl (C=O) groups is 2. The van der Waals surface area contributed by atoms with Crippen molar-refractivity contribution in [3.8, 4) is 0 Å². The van der Waals surface area contributed by atoms with Gasteiger partial charge in [-0.3, -0.25) is 9.59 Å². The Balaban J connectivity index is 1.77. The Morgan fingerprint density at radius 3 is 2.67 bits per heavy atom. The highest BCUT2D eigenvalue weighted by molar-refractivity contribution is 5.97. The van der Waals surface area contributed by atoms with Gasteiger partial charge in [-0.15, -0.1) is 0 Å². The summed E-state index contributed by atoms with van der Waals surface area (Å²) in [7, 11) is 1.41. The summed E-state index contributed by atoms with van der Waals surface area (Å²) in [6, 6.07) is 18.7. The molecule has 1 aliphatic heterocycles. The molecule has 27 heavy (non-hydrogen) atoms. The Bertz CT molecular complexity index is 848. The van der Waals surface area contributed by atoms with Gasteiger partial charge in [-0.05, 0) is 36.5 Å². The molecule has 1 aliphatic carbocycles. The van der Waals surface area contributed by atoms with Gasteiger partial charge in [0.05, 0.1) is 12.5 Å². The molecule has 0 N–H and O–H groups in total. The van der Waals surface area contributed by atoms with Crippen LogP contribution >= 0.6 is 0 Å². The van der Waals surface area contributed by atoms with Crippen molar-refractivity contribution in [1.29, 1.82) is 0 Å². The Labute approximate surface area is 160 Å². The maximum Gasteiger partial charge on any atom is 0.305 e. The highest BCUT2D eigenvalue weighted by Crippen LogP contribution is 2.53. The number of carbonyl (C=O) groups excluding carboxylic acids is 2. The maximum absolute atomic E-state index is 13.3. The maximum atomic E-state index is 13.3. The second-order valence-electron chi connectivity index (χ2n) is 7.51. The van der Waals surface area contributed by atoms with Gasteiger partial charge in [0, 0.05) is 31.1 Å². The van der Waals surface area contributed by atoms with Crippen LogP contribution < -0.4 is 4.90 Å². The molecule has 0 amide bonds. The van der Waals surface area contributed by atoms with Gasteiger partial charge in [-0.1, -0.05) is 48.5 Å². The molecule has 140 valence electrons. The van der Waals surface area contributed by atoms with E-state index in [4.69, 9.17) is 4.74 Å². The first-order valence-electron chi connectivity index (χ1n) is 9.67. The molecule has 0 spiro atoms. The predicted molar refractivity (Wildman–Crippen MR) is 105 cm³/mol. The second-order valence-corrected chi connectivity index (χ2v) is 7.51. The van der Waals surface area contributed by atoms with Crippen LogP contribution in [0.5, 0.6) is 0 Å². The molecule has 4 heteroatoms. The van der Waals surface area contributed by atoms with Gasteiger partial charge in [0.25, 0.3) is 0 Å². The van der Waals surface area contributed by atoms with Crippen molar-refractivity contribution in [2.75, 3.05) is 12.0 Å². The van der Waals surface area contributed by atoms with Gasteiger partial charge in [0.1, 0.15) is 5.78 Å². The molecule has 1 saturated carbocycles. The van der Waals surface area contributed by atoms with Crippen LogP contribution in [0, 0.1) is 0 Å². The molecule has 2 atom stereocenters. The standard InChI is InChI=1S/C23H25NO3/c1-27-22(26)14-15-23-18-10-5-6-11-19(18)24(16-17-8-3-2-4-9-17)20(23)12-7-13-21(23)25/h2-6,8-11,20H,7,12-16H2,1H3/t20-,23-/m1/s1. The number of esters is 1. The van der Waals surface area contributed by atoms with Gasteiger partial charge in [0.15, 0.2) is 0 Å². The molecule has 4 nitrogen and oxygen atoms in total. The number of ether oxygens (including phenoxy) is 1. The van der Waals surface area contributed by atoms with Crippen LogP contribution in [-0.4, -0.2) is 24.9 Å². The monoisotopic (exact) mass is 363 g/mol. The SMILES string of the molecule is COC(=O)CC[C@]12C(=O)CCC[C@H]1N(Cc1ccccc1)c1ccccc12. The number of hydrogen-bond donors (Lipinski definition) is 0. The van der Waals surface area contributed by atoms with E-state index >= 15 is 0 Å². The third kappa shape index (κ3) is 2.93.